The van der Waals surface area contributed by atoms with Crippen LogP contribution in [-0.2, 0) is 0 Å². The second kappa shape index (κ2) is 6.37. The molecule has 0 unspecified atom stereocenters. The van der Waals surface area contributed by atoms with Crippen molar-refractivity contribution in [1.82, 2.24) is 0 Å². The van der Waals surface area contributed by atoms with Gasteiger partial charge in [0.05, 0.1) is 22.1 Å². The van der Waals surface area contributed by atoms with Gasteiger partial charge in [0.25, 0.3) is 5.69 Å². The first-order valence-corrected chi connectivity index (χ1v) is 6.63. The van der Waals surface area contributed by atoms with E-state index in [4.69, 9.17) is 16.3 Å². The molecule has 0 aliphatic rings. The van der Waals surface area contributed by atoms with Gasteiger partial charge in [-0.25, -0.2) is 0 Å². The molecule has 0 spiro atoms. The summed E-state index contributed by atoms with van der Waals surface area (Å²) < 4.78 is 5.41. The minimum Gasteiger partial charge on any atom is -0.493 e. The second-order valence-corrected chi connectivity index (χ2v) is 4.59. The molecule has 0 radical (unpaired) electrons. The Morgan fingerprint density at radius 3 is 2.57 bits per heavy atom. The van der Waals surface area contributed by atoms with Crippen LogP contribution in [0.2, 0.25) is 5.02 Å². The SMILES string of the molecule is CCOc1ccccc1C(=O)c1ccc([N+](=O)[O-])cc1Cl. The average Bonchev–Trinajstić information content (AvgIpc) is 2.47. The van der Waals surface area contributed by atoms with Crippen LogP contribution >= 0.6 is 11.6 Å². The molecule has 0 saturated heterocycles. The third-order valence-electron chi connectivity index (χ3n) is 2.84. The number of nitrogens with zero attached hydrogens (tertiary/aromatic N) is 1. The second-order valence-electron chi connectivity index (χ2n) is 4.18. The lowest BCUT2D eigenvalue weighted by molar-refractivity contribution is -0.384. The molecule has 5 nitrogen and oxygen atoms in total. The first-order chi connectivity index (χ1) is 10.0. The minimum atomic E-state index is -0.561. The highest BCUT2D eigenvalue weighted by molar-refractivity contribution is 6.35. The highest BCUT2D eigenvalue weighted by Gasteiger charge is 2.19. The third-order valence-corrected chi connectivity index (χ3v) is 3.15. The highest BCUT2D eigenvalue weighted by Crippen LogP contribution is 2.28. The molecule has 0 fully saturated rings. The van der Waals surface area contributed by atoms with Crippen molar-refractivity contribution >= 4 is 23.1 Å². The van der Waals surface area contributed by atoms with Crippen molar-refractivity contribution in [2.24, 2.45) is 0 Å². The van der Waals surface area contributed by atoms with Crippen LogP contribution in [0.25, 0.3) is 0 Å². The molecule has 2 aromatic carbocycles. The van der Waals surface area contributed by atoms with Crippen molar-refractivity contribution in [1.29, 1.82) is 0 Å². The van der Waals surface area contributed by atoms with Gasteiger partial charge in [0.1, 0.15) is 5.75 Å². The fourth-order valence-electron chi connectivity index (χ4n) is 1.88. The normalized spacial score (nSPS) is 10.2. The molecule has 0 aromatic heterocycles. The number of carbonyl (C=O) groups excluding carboxylic acids is 1. The van der Waals surface area contributed by atoms with E-state index >= 15 is 0 Å². The van der Waals surface area contributed by atoms with Crippen molar-refractivity contribution in [2.45, 2.75) is 6.92 Å². The van der Waals surface area contributed by atoms with E-state index in [2.05, 4.69) is 0 Å². The molecule has 0 aliphatic carbocycles. The molecular weight excluding hydrogens is 294 g/mol. The fourth-order valence-corrected chi connectivity index (χ4v) is 2.14. The van der Waals surface area contributed by atoms with Crippen LogP contribution < -0.4 is 4.74 Å². The van der Waals surface area contributed by atoms with E-state index in [1.54, 1.807) is 24.3 Å². The van der Waals surface area contributed by atoms with Crippen LogP contribution in [0.5, 0.6) is 5.75 Å². The number of halogens is 1. The summed E-state index contributed by atoms with van der Waals surface area (Å²) in [6, 6.07) is 10.6. The Labute approximate surface area is 126 Å². The molecule has 2 rings (SSSR count). The van der Waals surface area contributed by atoms with E-state index < -0.39 is 4.92 Å². The number of ketones is 1. The lowest BCUT2D eigenvalue weighted by Gasteiger charge is -2.09. The number of hydrogen-bond acceptors (Lipinski definition) is 4. The molecule has 2 aromatic rings. The summed E-state index contributed by atoms with van der Waals surface area (Å²) in [6.45, 7) is 2.25. The number of nitro benzene ring substituents is 1. The standard InChI is InChI=1S/C15H12ClNO4/c1-2-21-14-6-4-3-5-12(14)15(18)11-8-7-10(17(19)20)9-13(11)16/h3-9H,2H2,1H3. The summed E-state index contributed by atoms with van der Waals surface area (Å²) in [5.74, 6) is 0.123. The van der Waals surface area contributed by atoms with Gasteiger partial charge in [-0.2, -0.15) is 0 Å². The number of benzene rings is 2. The van der Waals surface area contributed by atoms with Crippen LogP contribution in [0.1, 0.15) is 22.8 Å². The van der Waals surface area contributed by atoms with E-state index in [1.807, 2.05) is 6.92 Å². The molecule has 0 amide bonds. The largest absolute Gasteiger partial charge is 0.493 e. The molecule has 0 N–H and O–H groups in total. The van der Waals surface area contributed by atoms with Crippen molar-refractivity contribution in [2.75, 3.05) is 6.61 Å². The van der Waals surface area contributed by atoms with Gasteiger partial charge in [-0.05, 0) is 25.1 Å². The van der Waals surface area contributed by atoms with Crippen LogP contribution in [-0.4, -0.2) is 17.3 Å². The number of para-hydroxylation sites is 1. The number of carbonyl (C=O) groups is 1. The third kappa shape index (κ3) is 3.20. The van der Waals surface area contributed by atoms with E-state index in [9.17, 15) is 14.9 Å². The Kier molecular flexibility index (Phi) is 4.55. The molecule has 0 bridgehead atoms. The van der Waals surface area contributed by atoms with Crippen LogP contribution in [0.3, 0.4) is 0 Å². The Hall–Kier alpha value is -2.40. The van der Waals surface area contributed by atoms with Gasteiger partial charge in [0.15, 0.2) is 5.78 Å². The summed E-state index contributed by atoms with van der Waals surface area (Å²) in [4.78, 5) is 22.6. The highest BCUT2D eigenvalue weighted by atomic mass is 35.5. The first-order valence-electron chi connectivity index (χ1n) is 6.25. The van der Waals surface area contributed by atoms with Gasteiger partial charge in [-0.3, -0.25) is 14.9 Å². The predicted octanol–water partition coefficient (Wildman–Crippen LogP) is 3.88. The van der Waals surface area contributed by atoms with E-state index in [-0.39, 0.29) is 22.1 Å². The zero-order chi connectivity index (χ0) is 15.4. The number of rotatable bonds is 5. The number of hydrogen-bond donors (Lipinski definition) is 0. The zero-order valence-electron chi connectivity index (χ0n) is 11.2. The maximum Gasteiger partial charge on any atom is 0.270 e. The lowest BCUT2D eigenvalue weighted by atomic mass is 10.0. The first kappa shape index (κ1) is 15.0. The quantitative estimate of drug-likeness (QED) is 0.477. The van der Waals surface area contributed by atoms with Gasteiger partial charge in [-0.15, -0.1) is 0 Å². The summed E-state index contributed by atoms with van der Waals surface area (Å²) in [6.07, 6.45) is 0. The lowest BCUT2D eigenvalue weighted by Crippen LogP contribution is -2.06. The number of ether oxygens (including phenoxy) is 1. The Balaban J connectivity index is 2.43. The smallest absolute Gasteiger partial charge is 0.270 e. The Morgan fingerprint density at radius 1 is 1.24 bits per heavy atom. The van der Waals surface area contributed by atoms with Crippen molar-refractivity contribution in [3.8, 4) is 5.75 Å². The minimum absolute atomic E-state index is 0.0421. The molecular formula is C15H12ClNO4. The fraction of sp³-hybridized carbons (Fsp3) is 0.133. The molecule has 0 aliphatic heterocycles. The van der Waals surface area contributed by atoms with Gasteiger partial charge in [0.2, 0.25) is 0 Å². The molecule has 0 heterocycles. The molecule has 108 valence electrons. The summed E-state index contributed by atoms with van der Waals surface area (Å²) in [5, 5.41) is 10.7. The topological polar surface area (TPSA) is 69.4 Å². The predicted molar refractivity (Wildman–Crippen MR) is 79.1 cm³/mol. The summed E-state index contributed by atoms with van der Waals surface area (Å²) in [5.41, 5.74) is 0.416. The number of non-ortho nitro benzene ring substituents is 1. The zero-order valence-corrected chi connectivity index (χ0v) is 12.0. The molecule has 0 atom stereocenters. The monoisotopic (exact) mass is 305 g/mol. The average molecular weight is 306 g/mol. The molecule has 0 saturated carbocycles. The maximum absolute atomic E-state index is 12.5. The van der Waals surface area contributed by atoms with E-state index in [1.165, 1.54) is 12.1 Å². The van der Waals surface area contributed by atoms with E-state index in [0.717, 1.165) is 6.07 Å². The van der Waals surface area contributed by atoms with Crippen LogP contribution in [0.4, 0.5) is 5.69 Å². The van der Waals surface area contributed by atoms with Gasteiger partial charge in [-0.1, -0.05) is 23.7 Å². The summed E-state index contributed by atoms with van der Waals surface area (Å²) in [7, 11) is 0. The van der Waals surface area contributed by atoms with Crippen molar-refractivity contribution in [3.63, 3.8) is 0 Å². The summed E-state index contributed by atoms with van der Waals surface area (Å²) >= 11 is 5.98. The molecule has 6 heteroatoms. The van der Waals surface area contributed by atoms with E-state index in [0.29, 0.717) is 17.9 Å². The maximum atomic E-state index is 12.5. The number of nitro groups is 1. The van der Waals surface area contributed by atoms with Crippen LogP contribution in [0.15, 0.2) is 42.5 Å². The van der Waals surface area contributed by atoms with Gasteiger partial charge < -0.3 is 4.74 Å². The van der Waals surface area contributed by atoms with Crippen molar-refractivity contribution < 1.29 is 14.5 Å². The Bertz CT molecular complexity index is 700. The van der Waals surface area contributed by atoms with Gasteiger partial charge >= 0.3 is 0 Å². The van der Waals surface area contributed by atoms with Crippen molar-refractivity contribution in [3.05, 3.63) is 68.7 Å². The Morgan fingerprint density at radius 2 is 1.95 bits per heavy atom. The molecule has 21 heavy (non-hydrogen) atoms. The van der Waals surface area contributed by atoms with Crippen LogP contribution in [0, 0.1) is 10.1 Å². The van der Waals surface area contributed by atoms with Gasteiger partial charge in [0, 0.05) is 17.7 Å².